The average molecular weight is 254 g/mol. The smallest absolute Gasteiger partial charge is 0.250 e. The molecule has 0 bridgehead atoms. The summed E-state index contributed by atoms with van der Waals surface area (Å²) in [6.45, 7) is 1.96. The largest absolute Gasteiger partial charge is 0.350 e. The normalized spacial score (nSPS) is 25.4. The van der Waals surface area contributed by atoms with Crippen LogP contribution in [0.25, 0.3) is 5.70 Å². The summed E-state index contributed by atoms with van der Waals surface area (Å²) in [5.74, 6) is 0.202. The number of fused-ring (bicyclic) bond motifs is 5. The second-order valence-corrected chi connectivity index (χ2v) is 5.64. The number of carbonyl (C=O) groups is 1. The summed E-state index contributed by atoms with van der Waals surface area (Å²) < 4.78 is 0. The summed E-state index contributed by atoms with van der Waals surface area (Å²) in [6, 6.07) is 8.50. The molecule has 3 nitrogen and oxygen atoms in total. The first kappa shape index (κ1) is 11.1. The van der Waals surface area contributed by atoms with Gasteiger partial charge in [-0.3, -0.25) is 4.79 Å². The summed E-state index contributed by atoms with van der Waals surface area (Å²) in [4.78, 5) is 16.8. The molecule has 1 fully saturated rings. The van der Waals surface area contributed by atoms with Crippen molar-refractivity contribution in [1.29, 1.82) is 0 Å². The number of amides is 1. The number of hydrogen-bond acceptors (Lipinski definition) is 2. The molecule has 19 heavy (non-hydrogen) atoms. The summed E-state index contributed by atoms with van der Waals surface area (Å²) in [7, 11) is 0. The van der Waals surface area contributed by atoms with Gasteiger partial charge < -0.3 is 9.80 Å². The van der Waals surface area contributed by atoms with Crippen molar-refractivity contribution < 1.29 is 4.79 Å². The lowest BCUT2D eigenvalue weighted by Gasteiger charge is -2.49. The van der Waals surface area contributed by atoms with Gasteiger partial charge in [-0.25, -0.2) is 0 Å². The van der Waals surface area contributed by atoms with Crippen molar-refractivity contribution in [1.82, 2.24) is 9.80 Å². The summed E-state index contributed by atoms with van der Waals surface area (Å²) in [5.41, 5.74) is 3.78. The Hall–Kier alpha value is -1.77. The Morgan fingerprint density at radius 3 is 2.89 bits per heavy atom. The minimum Gasteiger partial charge on any atom is -0.350 e. The van der Waals surface area contributed by atoms with Gasteiger partial charge in [-0.2, -0.15) is 0 Å². The SMILES string of the molecule is O=C1C=C2c3ccccc3CCN2C2CCCCN12. The maximum absolute atomic E-state index is 12.3. The second-order valence-electron chi connectivity index (χ2n) is 5.64. The molecule has 1 saturated heterocycles. The van der Waals surface area contributed by atoms with Crippen LogP contribution in [0.4, 0.5) is 0 Å². The third-order valence-corrected chi connectivity index (χ3v) is 4.60. The van der Waals surface area contributed by atoms with Crippen molar-refractivity contribution in [3.63, 3.8) is 0 Å². The topological polar surface area (TPSA) is 23.6 Å². The fraction of sp³-hybridized carbons (Fsp3) is 0.438. The molecule has 0 aromatic heterocycles. The van der Waals surface area contributed by atoms with Crippen LogP contribution in [0.5, 0.6) is 0 Å². The summed E-state index contributed by atoms with van der Waals surface area (Å²) >= 11 is 0. The van der Waals surface area contributed by atoms with Crippen LogP contribution >= 0.6 is 0 Å². The lowest BCUT2D eigenvalue weighted by molar-refractivity contribution is -0.134. The Balaban J connectivity index is 1.82. The zero-order valence-electron chi connectivity index (χ0n) is 11.0. The first-order valence-corrected chi connectivity index (χ1v) is 7.22. The van der Waals surface area contributed by atoms with Crippen LogP contribution in [0, 0.1) is 0 Å². The molecule has 98 valence electrons. The van der Waals surface area contributed by atoms with Gasteiger partial charge in [-0.15, -0.1) is 0 Å². The molecule has 1 unspecified atom stereocenters. The van der Waals surface area contributed by atoms with Gasteiger partial charge in [0.15, 0.2) is 0 Å². The average Bonchev–Trinajstić information content (AvgIpc) is 2.47. The van der Waals surface area contributed by atoms with Gasteiger partial charge >= 0.3 is 0 Å². The maximum atomic E-state index is 12.3. The lowest BCUT2D eigenvalue weighted by Crippen LogP contribution is -2.56. The maximum Gasteiger partial charge on any atom is 0.250 e. The third-order valence-electron chi connectivity index (χ3n) is 4.60. The Bertz CT molecular complexity index is 564. The number of nitrogens with zero attached hydrogens (tertiary/aromatic N) is 2. The molecule has 0 spiro atoms. The molecule has 3 heteroatoms. The van der Waals surface area contributed by atoms with Crippen molar-refractivity contribution >= 4 is 11.6 Å². The fourth-order valence-electron chi connectivity index (χ4n) is 3.67. The molecule has 1 atom stereocenters. The minimum atomic E-state index is 0.202. The monoisotopic (exact) mass is 254 g/mol. The van der Waals surface area contributed by atoms with Gasteiger partial charge in [0.25, 0.3) is 0 Å². The molecule has 0 radical (unpaired) electrons. The molecule has 0 N–H and O–H groups in total. The van der Waals surface area contributed by atoms with E-state index >= 15 is 0 Å². The second kappa shape index (κ2) is 4.12. The van der Waals surface area contributed by atoms with Crippen LogP contribution in [-0.4, -0.2) is 35.0 Å². The van der Waals surface area contributed by atoms with Crippen molar-refractivity contribution in [2.75, 3.05) is 13.1 Å². The Morgan fingerprint density at radius 1 is 1.05 bits per heavy atom. The molecule has 4 rings (SSSR count). The fourth-order valence-corrected chi connectivity index (χ4v) is 3.67. The van der Waals surface area contributed by atoms with E-state index in [1.807, 2.05) is 6.08 Å². The molecule has 1 aromatic rings. The summed E-state index contributed by atoms with van der Waals surface area (Å²) in [5, 5.41) is 0. The zero-order valence-corrected chi connectivity index (χ0v) is 11.0. The van der Waals surface area contributed by atoms with Crippen molar-refractivity contribution in [3.8, 4) is 0 Å². The first-order chi connectivity index (χ1) is 9.34. The van der Waals surface area contributed by atoms with Crippen LogP contribution in [0.1, 0.15) is 30.4 Å². The highest BCUT2D eigenvalue weighted by Gasteiger charge is 2.38. The Kier molecular flexibility index (Phi) is 2.40. The standard InChI is InChI=1S/C16H18N2O/c19-16-11-14-13-6-2-1-5-12(13)8-10-17(14)15-7-3-4-9-18(15)16/h1-2,5-6,11,15H,3-4,7-10H2. The number of piperidine rings is 1. The minimum absolute atomic E-state index is 0.202. The molecule has 1 amide bonds. The molecular weight excluding hydrogens is 236 g/mol. The van der Waals surface area contributed by atoms with E-state index in [1.54, 1.807) is 0 Å². The van der Waals surface area contributed by atoms with Crippen LogP contribution < -0.4 is 0 Å². The van der Waals surface area contributed by atoms with Crippen molar-refractivity contribution in [2.24, 2.45) is 0 Å². The van der Waals surface area contributed by atoms with E-state index in [-0.39, 0.29) is 5.91 Å². The van der Waals surface area contributed by atoms with Crippen molar-refractivity contribution in [3.05, 3.63) is 41.5 Å². The van der Waals surface area contributed by atoms with E-state index in [9.17, 15) is 4.79 Å². The molecule has 3 heterocycles. The number of carbonyl (C=O) groups excluding carboxylic acids is 1. The lowest BCUT2D eigenvalue weighted by atomic mass is 9.92. The molecule has 0 aliphatic carbocycles. The molecule has 1 aromatic carbocycles. The number of rotatable bonds is 0. The van der Waals surface area contributed by atoms with Gasteiger partial charge in [0.1, 0.15) is 6.17 Å². The van der Waals surface area contributed by atoms with E-state index in [4.69, 9.17) is 0 Å². The van der Waals surface area contributed by atoms with Crippen LogP contribution in [0.3, 0.4) is 0 Å². The van der Waals surface area contributed by atoms with Gasteiger partial charge in [-0.1, -0.05) is 24.3 Å². The van der Waals surface area contributed by atoms with Crippen LogP contribution in [-0.2, 0) is 11.2 Å². The molecule has 3 aliphatic heterocycles. The van der Waals surface area contributed by atoms with Gasteiger partial charge in [0, 0.05) is 24.7 Å². The Labute approximate surface area is 113 Å². The van der Waals surface area contributed by atoms with Crippen molar-refractivity contribution in [2.45, 2.75) is 31.8 Å². The Morgan fingerprint density at radius 2 is 1.95 bits per heavy atom. The van der Waals surface area contributed by atoms with E-state index in [2.05, 4.69) is 34.1 Å². The van der Waals surface area contributed by atoms with E-state index in [0.717, 1.165) is 38.0 Å². The van der Waals surface area contributed by atoms with Crippen LogP contribution in [0.2, 0.25) is 0 Å². The third kappa shape index (κ3) is 1.61. The number of hydrogen-bond donors (Lipinski definition) is 0. The van der Waals surface area contributed by atoms with Crippen LogP contribution in [0.15, 0.2) is 30.3 Å². The summed E-state index contributed by atoms with van der Waals surface area (Å²) in [6.07, 6.45) is 6.74. The highest BCUT2D eigenvalue weighted by molar-refractivity contribution is 5.97. The van der Waals surface area contributed by atoms with Gasteiger partial charge in [-0.05, 0) is 31.2 Å². The quantitative estimate of drug-likeness (QED) is 0.709. The van der Waals surface area contributed by atoms with Gasteiger partial charge in [0.05, 0.1) is 5.70 Å². The van der Waals surface area contributed by atoms with Gasteiger partial charge in [0.2, 0.25) is 5.91 Å². The van der Waals surface area contributed by atoms with E-state index in [0.29, 0.717) is 6.17 Å². The molecule has 0 saturated carbocycles. The van der Waals surface area contributed by atoms with E-state index in [1.165, 1.54) is 17.5 Å². The predicted molar refractivity (Wildman–Crippen MR) is 74.2 cm³/mol. The zero-order chi connectivity index (χ0) is 12.8. The highest BCUT2D eigenvalue weighted by atomic mass is 16.2. The van der Waals surface area contributed by atoms with E-state index < -0.39 is 0 Å². The number of benzene rings is 1. The highest BCUT2D eigenvalue weighted by Crippen LogP contribution is 2.36. The predicted octanol–water partition coefficient (Wildman–Crippen LogP) is 2.24. The molecular formula is C16H18N2O. The molecule has 3 aliphatic rings. The first-order valence-electron chi connectivity index (χ1n) is 7.22.